The van der Waals surface area contributed by atoms with E-state index in [1.54, 1.807) is 11.3 Å². The number of rotatable bonds is 6. The number of fused-ring (bicyclic) bond motifs is 1. The Morgan fingerprint density at radius 1 is 1.35 bits per heavy atom. The van der Waals surface area contributed by atoms with Crippen LogP contribution >= 0.6 is 11.3 Å². The van der Waals surface area contributed by atoms with Crippen molar-refractivity contribution in [3.05, 3.63) is 23.2 Å². The van der Waals surface area contributed by atoms with E-state index in [1.807, 2.05) is 29.1 Å². The monoisotopic (exact) mass is 293 g/mol. The molecule has 0 aliphatic rings. The number of nitrogens with one attached hydrogen (secondary N) is 2. The molecule has 108 valence electrons. The van der Waals surface area contributed by atoms with Crippen LogP contribution in [0.15, 0.2) is 17.5 Å². The first-order chi connectivity index (χ1) is 9.63. The lowest BCUT2D eigenvalue weighted by Gasteiger charge is -2.07. The molecule has 0 radical (unpaired) electrons. The highest BCUT2D eigenvalue weighted by Gasteiger charge is 2.14. The minimum Gasteiger partial charge on any atom is -0.355 e. The summed E-state index contributed by atoms with van der Waals surface area (Å²) in [5.41, 5.74) is 1.61. The van der Waals surface area contributed by atoms with Crippen molar-refractivity contribution in [2.75, 3.05) is 13.1 Å². The summed E-state index contributed by atoms with van der Waals surface area (Å²) in [6.07, 6.45) is 1.99. The van der Waals surface area contributed by atoms with E-state index in [1.165, 1.54) is 0 Å². The SMILES string of the molecule is CCCCNC(=O)CNC(=O)c1cc2sccc2n1C. The second-order valence-corrected chi connectivity index (χ2v) is 5.59. The Morgan fingerprint density at radius 3 is 2.85 bits per heavy atom. The Morgan fingerprint density at radius 2 is 2.15 bits per heavy atom. The maximum absolute atomic E-state index is 12.1. The van der Waals surface area contributed by atoms with Gasteiger partial charge in [-0.15, -0.1) is 11.3 Å². The van der Waals surface area contributed by atoms with Gasteiger partial charge in [-0.3, -0.25) is 9.59 Å². The zero-order valence-corrected chi connectivity index (χ0v) is 12.5. The number of nitrogens with zero attached hydrogens (tertiary/aromatic N) is 1. The lowest BCUT2D eigenvalue weighted by Crippen LogP contribution is -2.37. The van der Waals surface area contributed by atoms with Gasteiger partial charge in [0.2, 0.25) is 5.91 Å². The number of amides is 2. The molecule has 0 saturated heterocycles. The summed E-state index contributed by atoms with van der Waals surface area (Å²) >= 11 is 1.60. The van der Waals surface area contributed by atoms with Crippen molar-refractivity contribution in [2.45, 2.75) is 19.8 Å². The maximum Gasteiger partial charge on any atom is 0.268 e. The molecular weight excluding hydrogens is 274 g/mol. The molecule has 2 rings (SSSR count). The number of unbranched alkanes of at least 4 members (excludes halogenated alkanes) is 1. The fraction of sp³-hybridized carbons (Fsp3) is 0.429. The largest absolute Gasteiger partial charge is 0.355 e. The van der Waals surface area contributed by atoms with Crippen LogP contribution in [-0.2, 0) is 11.8 Å². The van der Waals surface area contributed by atoms with Crippen LogP contribution in [0.4, 0.5) is 0 Å². The van der Waals surface area contributed by atoms with E-state index in [-0.39, 0.29) is 18.4 Å². The minimum atomic E-state index is -0.221. The molecule has 2 amide bonds. The molecule has 0 aliphatic heterocycles. The molecule has 0 spiro atoms. The van der Waals surface area contributed by atoms with Crippen molar-refractivity contribution >= 4 is 33.4 Å². The van der Waals surface area contributed by atoms with E-state index in [4.69, 9.17) is 0 Å². The molecule has 2 N–H and O–H groups in total. The van der Waals surface area contributed by atoms with Crippen LogP contribution in [0.1, 0.15) is 30.3 Å². The predicted octanol–water partition coefficient (Wildman–Crippen LogP) is 1.89. The second-order valence-electron chi connectivity index (χ2n) is 4.64. The summed E-state index contributed by atoms with van der Waals surface area (Å²) < 4.78 is 2.92. The topological polar surface area (TPSA) is 63.1 Å². The smallest absolute Gasteiger partial charge is 0.268 e. The molecule has 0 unspecified atom stereocenters. The third-order valence-electron chi connectivity index (χ3n) is 3.16. The van der Waals surface area contributed by atoms with Gasteiger partial charge in [0.1, 0.15) is 5.69 Å². The van der Waals surface area contributed by atoms with Gasteiger partial charge in [-0.25, -0.2) is 0 Å². The van der Waals surface area contributed by atoms with Crippen LogP contribution in [0.3, 0.4) is 0 Å². The fourth-order valence-corrected chi connectivity index (χ4v) is 2.84. The normalized spacial score (nSPS) is 10.7. The number of hydrogen-bond donors (Lipinski definition) is 2. The van der Waals surface area contributed by atoms with Gasteiger partial charge in [0.25, 0.3) is 5.91 Å². The standard InChI is InChI=1S/C14H19N3O2S/c1-3-4-6-15-13(18)9-16-14(19)11-8-12-10(17(11)2)5-7-20-12/h5,7-8H,3-4,6,9H2,1-2H3,(H,15,18)(H,16,19). The summed E-state index contributed by atoms with van der Waals surface area (Å²) in [4.78, 5) is 23.6. The van der Waals surface area contributed by atoms with Gasteiger partial charge in [0.05, 0.1) is 16.8 Å². The summed E-state index contributed by atoms with van der Waals surface area (Å²) in [6, 6.07) is 3.83. The van der Waals surface area contributed by atoms with Crippen molar-refractivity contribution in [3.8, 4) is 0 Å². The molecule has 0 bridgehead atoms. The van der Waals surface area contributed by atoms with E-state index >= 15 is 0 Å². The van der Waals surface area contributed by atoms with Gasteiger partial charge in [0.15, 0.2) is 0 Å². The molecular formula is C14H19N3O2S. The molecule has 0 saturated carbocycles. The van der Waals surface area contributed by atoms with Crippen LogP contribution in [-0.4, -0.2) is 29.5 Å². The van der Waals surface area contributed by atoms with Gasteiger partial charge < -0.3 is 15.2 Å². The number of aromatic nitrogens is 1. The van der Waals surface area contributed by atoms with Crippen LogP contribution in [0, 0.1) is 0 Å². The highest BCUT2D eigenvalue weighted by Crippen LogP contribution is 2.23. The van der Waals surface area contributed by atoms with Gasteiger partial charge in [-0.1, -0.05) is 13.3 Å². The lowest BCUT2D eigenvalue weighted by molar-refractivity contribution is -0.120. The van der Waals surface area contributed by atoms with Crippen molar-refractivity contribution in [1.29, 1.82) is 0 Å². The van der Waals surface area contributed by atoms with E-state index < -0.39 is 0 Å². The Hall–Kier alpha value is -1.82. The molecule has 0 atom stereocenters. The third kappa shape index (κ3) is 3.19. The summed E-state index contributed by atoms with van der Waals surface area (Å²) in [5, 5.41) is 7.41. The second kappa shape index (κ2) is 6.56. The van der Waals surface area contributed by atoms with Crippen LogP contribution in [0.2, 0.25) is 0 Å². The number of hydrogen-bond acceptors (Lipinski definition) is 3. The Labute approximate surface area is 122 Å². The van der Waals surface area contributed by atoms with Crippen LogP contribution < -0.4 is 10.6 Å². The van der Waals surface area contributed by atoms with Gasteiger partial charge in [-0.2, -0.15) is 0 Å². The van der Waals surface area contributed by atoms with E-state index in [0.717, 1.165) is 23.1 Å². The predicted molar refractivity (Wildman–Crippen MR) is 81.0 cm³/mol. The number of aryl methyl sites for hydroxylation is 1. The summed E-state index contributed by atoms with van der Waals surface area (Å²) in [7, 11) is 1.85. The average Bonchev–Trinajstić information content (AvgIpc) is 3.00. The molecule has 0 aliphatic carbocycles. The minimum absolute atomic E-state index is 0.0153. The van der Waals surface area contributed by atoms with Crippen LogP contribution in [0.25, 0.3) is 10.2 Å². The molecule has 0 fully saturated rings. The van der Waals surface area contributed by atoms with E-state index in [9.17, 15) is 9.59 Å². The van der Waals surface area contributed by atoms with Crippen LogP contribution in [0.5, 0.6) is 0 Å². The van der Waals surface area contributed by atoms with Gasteiger partial charge >= 0.3 is 0 Å². The first kappa shape index (κ1) is 14.6. The fourth-order valence-electron chi connectivity index (χ4n) is 1.99. The van der Waals surface area contributed by atoms with E-state index in [0.29, 0.717) is 12.2 Å². The molecule has 2 aromatic rings. The van der Waals surface area contributed by atoms with Crippen molar-refractivity contribution in [2.24, 2.45) is 7.05 Å². The van der Waals surface area contributed by atoms with E-state index in [2.05, 4.69) is 17.6 Å². The quantitative estimate of drug-likeness (QED) is 0.799. The Balaban J connectivity index is 1.90. The van der Waals surface area contributed by atoms with Gasteiger partial charge in [-0.05, 0) is 23.9 Å². The van der Waals surface area contributed by atoms with Gasteiger partial charge in [0, 0.05) is 13.6 Å². The number of carbonyl (C=O) groups excluding carboxylic acids is 2. The highest BCUT2D eigenvalue weighted by atomic mass is 32.1. The lowest BCUT2D eigenvalue weighted by atomic mass is 10.3. The maximum atomic E-state index is 12.1. The molecule has 0 aromatic carbocycles. The van der Waals surface area contributed by atoms with Crippen molar-refractivity contribution in [1.82, 2.24) is 15.2 Å². The zero-order chi connectivity index (χ0) is 14.5. The van der Waals surface area contributed by atoms with Crippen molar-refractivity contribution in [3.63, 3.8) is 0 Å². The number of thiophene rings is 1. The molecule has 2 aromatic heterocycles. The first-order valence-electron chi connectivity index (χ1n) is 6.71. The number of carbonyl (C=O) groups is 2. The van der Waals surface area contributed by atoms with Crippen molar-refractivity contribution < 1.29 is 9.59 Å². The third-order valence-corrected chi connectivity index (χ3v) is 4.01. The highest BCUT2D eigenvalue weighted by molar-refractivity contribution is 7.17. The molecule has 6 heteroatoms. The Kier molecular flexibility index (Phi) is 4.79. The summed E-state index contributed by atoms with van der Waals surface area (Å²) in [5.74, 6) is -0.371. The molecule has 20 heavy (non-hydrogen) atoms. The zero-order valence-electron chi connectivity index (χ0n) is 11.7. The molecule has 2 heterocycles. The first-order valence-corrected chi connectivity index (χ1v) is 7.59. The Bertz CT molecular complexity index is 615. The summed E-state index contributed by atoms with van der Waals surface area (Å²) in [6.45, 7) is 2.74. The average molecular weight is 293 g/mol. The molecule has 5 nitrogen and oxygen atoms in total.